The van der Waals surface area contributed by atoms with E-state index in [1.807, 2.05) is 6.07 Å². The molecule has 1 atom stereocenters. The summed E-state index contributed by atoms with van der Waals surface area (Å²) in [5.74, 6) is 4.41. The SMILES string of the molecule is c1ccc2c(c1)N(Cc1noc(C3CC3)n1)CC21COc2cc3c(cc21)OCO3. The van der Waals surface area contributed by atoms with Gasteiger partial charge in [-0.1, -0.05) is 23.4 Å². The van der Waals surface area contributed by atoms with Gasteiger partial charge in [-0.2, -0.15) is 4.98 Å². The van der Waals surface area contributed by atoms with E-state index in [4.69, 9.17) is 18.7 Å². The first kappa shape index (κ1) is 15.7. The first-order valence-corrected chi connectivity index (χ1v) is 10.0. The molecule has 1 fully saturated rings. The molecule has 0 N–H and O–H groups in total. The first-order chi connectivity index (χ1) is 14.3. The molecule has 4 heterocycles. The zero-order valence-electron chi connectivity index (χ0n) is 15.8. The molecular weight excluding hydrogens is 370 g/mol. The van der Waals surface area contributed by atoms with E-state index in [1.165, 1.54) is 11.3 Å². The summed E-state index contributed by atoms with van der Waals surface area (Å²) in [6, 6.07) is 12.6. The van der Waals surface area contributed by atoms with Crippen LogP contribution in [0, 0.1) is 0 Å². The summed E-state index contributed by atoms with van der Waals surface area (Å²) >= 11 is 0. The topological polar surface area (TPSA) is 69.9 Å². The normalized spacial score (nSPS) is 23.4. The maximum absolute atomic E-state index is 6.15. The van der Waals surface area contributed by atoms with Gasteiger partial charge in [0, 0.05) is 29.8 Å². The number of nitrogens with zero attached hydrogens (tertiary/aromatic N) is 3. The van der Waals surface area contributed by atoms with Crippen molar-refractivity contribution in [3.8, 4) is 17.2 Å². The zero-order valence-corrected chi connectivity index (χ0v) is 15.8. The Labute approximate surface area is 167 Å². The lowest BCUT2D eigenvalue weighted by molar-refractivity contribution is 0.173. The molecule has 7 nitrogen and oxygen atoms in total. The van der Waals surface area contributed by atoms with Crippen molar-refractivity contribution in [2.45, 2.75) is 30.7 Å². The second-order valence-electron chi connectivity index (χ2n) is 8.27. The summed E-state index contributed by atoms with van der Waals surface area (Å²) in [5.41, 5.74) is 3.38. The fraction of sp³-hybridized carbons (Fsp3) is 0.364. The third-order valence-electron chi connectivity index (χ3n) is 6.43. The van der Waals surface area contributed by atoms with Crippen molar-refractivity contribution >= 4 is 5.69 Å². The highest BCUT2D eigenvalue weighted by molar-refractivity contribution is 5.70. The maximum atomic E-state index is 6.15. The minimum atomic E-state index is -0.240. The zero-order chi connectivity index (χ0) is 19.0. The summed E-state index contributed by atoms with van der Waals surface area (Å²) in [6.07, 6.45) is 2.31. The Morgan fingerprint density at radius 1 is 1.00 bits per heavy atom. The molecule has 0 saturated heterocycles. The first-order valence-electron chi connectivity index (χ1n) is 10.0. The Morgan fingerprint density at radius 3 is 2.76 bits per heavy atom. The highest BCUT2D eigenvalue weighted by atomic mass is 16.7. The van der Waals surface area contributed by atoms with Gasteiger partial charge in [-0.15, -0.1) is 0 Å². The molecule has 1 aliphatic carbocycles. The van der Waals surface area contributed by atoms with E-state index in [0.717, 1.165) is 53.9 Å². The van der Waals surface area contributed by atoms with Crippen molar-refractivity contribution in [1.82, 2.24) is 10.1 Å². The number of hydrogen-bond acceptors (Lipinski definition) is 7. The summed E-state index contributed by atoms with van der Waals surface area (Å²) in [4.78, 5) is 6.96. The van der Waals surface area contributed by atoms with E-state index in [-0.39, 0.29) is 12.2 Å². The van der Waals surface area contributed by atoms with Crippen LogP contribution in [0.4, 0.5) is 5.69 Å². The van der Waals surface area contributed by atoms with Crippen LogP contribution in [0.5, 0.6) is 17.2 Å². The molecule has 146 valence electrons. The molecule has 2 aromatic carbocycles. The minimum absolute atomic E-state index is 0.240. The third-order valence-corrected chi connectivity index (χ3v) is 6.43. The standard InChI is InChI=1S/C22H19N3O4/c1-2-4-16-14(3-1)22(10-25(16)9-20-23-21(29-24-20)13-5-6-13)11-26-17-8-19-18(7-15(17)22)27-12-28-19/h1-4,7-8,13H,5-6,9-12H2. The fourth-order valence-corrected chi connectivity index (χ4v) is 4.84. The van der Waals surface area contributed by atoms with E-state index in [0.29, 0.717) is 19.1 Å². The monoisotopic (exact) mass is 389 g/mol. The van der Waals surface area contributed by atoms with Gasteiger partial charge in [-0.25, -0.2) is 0 Å². The van der Waals surface area contributed by atoms with Crippen LogP contribution in [-0.4, -0.2) is 30.1 Å². The molecule has 29 heavy (non-hydrogen) atoms. The quantitative estimate of drug-likeness (QED) is 0.680. The molecule has 0 bridgehead atoms. The Kier molecular flexibility index (Phi) is 2.94. The number of para-hydroxylation sites is 1. The van der Waals surface area contributed by atoms with Crippen LogP contribution in [0.3, 0.4) is 0 Å². The van der Waals surface area contributed by atoms with E-state index < -0.39 is 0 Å². The van der Waals surface area contributed by atoms with Crippen LogP contribution >= 0.6 is 0 Å². The molecule has 3 aliphatic heterocycles. The smallest absolute Gasteiger partial charge is 0.231 e. The number of ether oxygens (including phenoxy) is 3. The molecular formula is C22H19N3O4. The molecule has 7 rings (SSSR count). The van der Waals surface area contributed by atoms with Crippen molar-refractivity contribution in [2.24, 2.45) is 0 Å². The van der Waals surface area contributed by atoms with Gasteiger partial charge in [0.05, 0.1) is 12.0 Å². The van der Waals surface area contributed by atoms with Gasteiger partial charge in [0.1, 0.15) is 12.4 Å². The molecule has 3 aromatic rings. The largest absolute Gasteiger partial charge is 0.492 e. The summed E-state index contributed by atoms with van der Waals surface area (Å²) in [6.45, 7) is 2.27. The molecule has 7 heteroatoms. The molecule has 1 unspecified atom stereocenters. The van der Waals surface area contributed by atoms with Crippen LogP contribution in [0.1, 0.15) is 41.6 Å². The van der Waals surface area contributed by atoms with Gasteiger partial charge < -0.3 is 23.6 Å². The van der Waals surface area contributed by atoms with Crippen LogP contribution in [-0.2, 0) is 12.0 Å². The van der Waals surface area contributed by atoms with Crippen LogP contribution < -0.4 is 19.1 Å². The summed E-state index contributed by atoms with van der Waals surface area (Å²) in [5, 5.41) is 4.22. The average molecular weight is 389 g/mol. The van der Waals surface area contributed by atoms with E-state index in [2.05, 4.69) is 45.4 Å². The molecule has 0 radical (unpaired) electrons. The van der Waals surface area contributed by atoms with Crippen molar-refractivity contribution < 1.29 is 18.7 Å². The van der Waals surface area contributed by atoms with Crippen molar-refractivity contribution in [3.05, 3.63) is 59.2 Å². The minimum Gasteiger partial charge on any atom is -0.492 e. The Balaban J connectivity index is 1.29. The second-order valence-corrected chi connectivity index (χ2v) is 8.27. The predicted molar refractivity (Wildman–Crippen MR) is 103 cm³/mol. The Morgan fingerprint density at radius 2 is 1.86 bits per heavy atom. The Hall–Kier alpha value is -3.22. The van der Waals surface area contributed by atoms with Gasteiger partial charge in [-0.3, -0.25) is 0 Å². The van der Waals surface area contributed by atoms with Gasteiger partial charge >= 0.3 is 0 Å². The number of hydrogen-bond donors (Lipinski definition) is 0. The third kappa shape index (κ3) is 2.18. The molecule has 0 amide bonds. The lowest BCUT2D eigenvalue weighted by atomic mass is 9.77. The number of fused-ring (bicyclic) bond motifs is 5. The Bertz CT molecular complexity index is 1140. The van der Waals surface area contributed by atoms with Gasteiger partial charge in [-0.05, 0) is 30.5 Å². The van der Waals surface area contributed by atoms with E-state index >= 15 is 0 Å². The molecule has 1 aromatic heterocycles. The lowest BCUT2D eigenvalue weighted by Gasteiger charge is -2.24. The molecule has 1 saturated carbocycles. The number of benzene rings is 2. The van der Waals surface area contributed by atoms with Crippen LogP contribution in [0.2, 0.25) is 0 Å². The van der Waals surface area contributed by atoms with Gasteiger partial charge in [0.15, 0.2) is 17.3 Å². The van der Waals surface area contributed by atoms with Crippen LogP contribution in [0.25, 0.3) is 0 Å². The average Bonchev–Trinajstić information content (AvgIpc) is 3.08. The maximum Gasteiger partial charge on any atom is 0.231 e. The van der Waals surface area contributed by atoms with Crippen molar-refractivity contribution in [1.29, 1.82) is 0 Å². The fourth-order valence-electron chi connectivity index (χ4n) is 4.84. The second kappa shape index (κ2) is 5.43. The lowest BCUT2D eigenvalue weighted by Crippen LogP contribution is -2.36. The van der Waals surface area contributed by atoms with Crippen LogP contribution in [0.15, 0.2) is 40.9 Å². The molecule has 4 aliphatic rings. The predicted octanol–water partition coefficient (Wildman–Crippen LogP) is 3.37. The summed E-state index contributed by atoms with van der Waals surface area (Å²) in [7, 11) is 0. The molecule has 1 spiro atoms. The highest BCUT2D eigenvalue weighted by Crippen LogP contribution is 2.54. The summed E-state index contributed by atoms with van der Waals surface area (Å²) < 4.78 is 22.8. The number of anilines is 1. The van der Waals surface area contributed by atoms with Gasteiger partial charge in [0.2, 0.25) is 12.7 Å². The van der Waals surface area contributed by atoms with Crippen molar-refractivity contribution in [2.75, 3.05) is 24.8 Å². The van der Waals surface area contributed by atoms with Crippen molar-refractivity contribution in [3.63, 3.8) is 0 Å². The van der Waals surface area contributed by atoms with E-state index in [1.54, 1.807) is 0 Å². The highest BCUT2D eigenvalue weighted by Gasteiger charge is 2.50. The van der Waals surface area contributed by atoms with Gasteiger partial charge in [0.25, 0.3) is 0 Å². The number of aromatic nitrogens is 2. The number of rotatable bonds is 3. The van der Waals surface area contributed by atoms with E-state index in [9.17, 15) is 0 Å².